The fourth-order valence-electron chi connectivity index (χ4n) is 2.26. The van der Waals surface area contributed by atoms with Crippen LogP contribution in [-0.2, 0) is 6.42 Å². The summed E-state index contributed by atoms with van der Waals surface area (Å²) in [5, 5.41) is 10.4. The van der Waals surface area contributed by atoms with Crippen LogP contribution < -0.4 is 10.1 Å². The number of H-pyrrole nitrogens is 1. The van der Waals surface area contributed by atoms with Crippen molar-refractivity contribution in [2.45, 2.75) is 26.3 Å². The summed E-state index contributed by atoms with van der Waals surface area (Å²) in [6, 6.07) is 9.53. The first-order valence-electron chi connectivity index (χ1n) is 7.62. The fraction of sp³-hybridized carbons (Fsp3) is 0.235. The summed E-state index contributed by atoms with van der Waals surface area (Å²) in [5.74, 6) is 1.06. The summed E-state index contributed by atoms with van der Waals surface area (Å²) in [7, 11) is 0. The van der Waals surface area contributed by atoms with Gasteiger partial charge in [-0.15, -0.1) is 0 Å². The molecule has 3 aromatic rings. The zero-order chi connectivity index (χ0) is 16.9. The Morgan fingerprint density at radius 3 is 2.75 bits per heavy atom. The van der Waals surface area contributed by atoms with Gasteiger partial charge in [-0.2, -0.15) is 10.1 Å². The Labute approximate surface area is 139 Å². The average Bonchev–Trinajstić information content (AvgIpc) is 2.95. The van der Waals surface area contributed by atoms with Crippen LogP contribution in [0.25, 0.3) is 0 Å². The highest BCUT2D eigenvalue weighted by atomic mass is 19.1. The number of ether oxygens (including phenoxy) is 1. The van der Waals surface area contributed by atoms with Crippen LogP contribution in [0.1, 0.15) is 18.3 Å². The molecule has 1 aromatic carbocycles. The van der Waals surface area contributed by atoms with Crippen LogP contribution in [0.3, 0.4) is 0 Å². The Bertz CT molecular complexity index is 803. The average molecular weight is 327 g/mol. The summed E-state index contributed by atoms with van der Waals surface area (Å²) in [6.07, 6.45) is 2.36. The smallest absolute Gasteiger partial charge is 0.226 e. The third kappa shape index (κ3) is 4.28. The van der Waals surface area contributed by atoms with E-state index in [1.165, 1.54) is 12.1 Å². The summed E-state index contributed by atoms with van der Waals surface area (Å²) in [5.41, 5.74) is 2.01. The van der Waals surface area contributed by atoms with E-state index in [4.69, 9.17) is 4.74 Å². The van der Waals surface area contributed by atoms with E-state index in [1.54, 1.807) is 24.4 Å². The molecule has 3 rings (SSSR count). The molecule has 124 valence electrons. The number of hydrogen-bond acceptors (Lipinski definition) is 5. The third-order valence-corrected chi connectivity index (χ3v) is 3.32. The van der Waals surface area contributed by atoms with E-state index in [0.717, 1.165) is 17.8 Å². The van der Waals surface area contributed by atoms with Crippen molar-refractivity contribution in [1.29, 1.82) is 0 Å². The minimum absolute atomic E-state index is 0.105. The zero-order valence-electron chi connectivity index (χ0n) is 13.5. The van der Waals surface area contributed by atoms with E-state index in [-0.39, 0.29) is 11.9 Å². The van der Waals surface area contributed by atoms with E-state index in [0.29, 0.717) is 17.6 Å². The minimum Gasteiger partial charge on any atom is -0.439 e. The maximum atomic E-state index is 12.9. The van der Waals surface area contributed by atoms with E-state index in [2.05, 4.69) is 25.5 Å². The quantitative estimate of drug-likeness (QED) is 0.725. The topological polar surface area (TPSA) is 75.7 Å². The number of aryl methyl sites for hydroxylation is 1. The van der Waals surface area contributed by atoms with Crippen LogP contribution in [0.2, 0.25) is 0 Å². The Balaban J connectivity index is 1.63. The molecular weight excluding hydrogens is 309 g/mol. The van der Waals surface area contributed by atoms with Crippen molar-refractivity contribution in [1.82, 2.24) is 20.2 Å². The predicted octanol–water partition coefficient (Wildman–Crippen LogP) is 3.48. The lowest BCUT2D eigenvalue weighted by atomic mass is 10.2. The number of hydrogen-bond donors (Lipinski definition) is 2. The summed E-state index contributed by atoms with van der Waals surface area (Å²) in [6.45, 7) is 3.99. The molecule has 0 spiro atoms. The molecule has 2 aromatic heterocycles. The normalized spacial score (nSPS) is 12.0. The van der Waals surface area contributed by atoms with Crippen molar-refractivity contribution in [2.75, 3.05) is 5.32 Å². The monoisotopic (exact) mass is 327 g/mol. The first kappa shape index (κ1) is 15.9. The van der Waals surface area contributed by atoms with Gasteiger partial charge in [-0.3, -0.25) is 5.10 Å². The van der Waals surface area contributed by atoms with Gasteiger partial charge in [0.1, 0.15) is 11.6 Å². The van der Waals surface area contributed by atoms with Gasteiger partial charge in [0.2, 0.25) is 11.8 Å². The van der Waals surface area contributed by atoms with E-state index in [1.807, 2.05) is 19.9 Å². The highest BCUT2D eigenvalue weighted by molar-refractivity contribution is 5.32. The van der Waals surface area contributed by atoms with Crippen LogP contribution in [-0.4, -0.2) is 26.2 Å². The van der Waals surface area contributed by atoms with E-state index < -0.39 is 0 Å². The lowest BCUT2D eigenvalue weighted by molar-refractivity contribution is 0.460. The summed E-state index contributed by atoms with van der Waals surface area (Å²) >= 11 is 0. The SMILES string of the molecule is Cc1cc(CC(C)Nc2nccc(Oc3ccc(F)cc3)n2)n[nH]1. The van der Waals surface area contributed by atoms with Gasteiger partial charge in [-0.1, -0.05) is 0 Å². The molecule has 0 aliphatic rings. The molecule has 2 heterocycles. The molecule has 0 aliphatic heterocycles. The molecule has 2 N–H and O–H groups in total. The van der Waals surface area contributed by atoms with Crippen molar-refractivity contribution >= 4 is 5.95 Å². The molecule has 24 heavy (non-hydrogen) atoms. The molecule has 0 saturated heterocycles. The predicted molar refractivity (Wildman–Crippen MR) is 88.6 cm³/mol. The van der Waals surface area contributed by atoms with Gasteiger partial charge in [0.05, 0.1) is 5.69 Å². The summed E-state index contributed by atoms with van der Waals surface area (Å²) < 4.78 is 18.5. The lowest BCUT2D eigenvalue weighted by Gasteiger charge is -2.13. The summed E-state index contributed by atoms with van der Waals surface area (Å²) in [4.78, 5) is 8.50. The van der Waals surface area contributed by atoms with Crippen LogP contribution in [0.15, 0.2) is 42.6 Å². The van der Waals surface area contributed by atoms with Gasteiger partial charge in [0.25, 0.3) is 0 Å². The molecule has 6 nitrogen and oxygen atoms in total. The third-order valence-electron chi connectivity index (χ3n) is 3.32. The van der Waals surface area contributed by atoms with Gasteiger partial charge < -0.3 is 10.1 Å². The van der Waals surface area contributed by atoms with Crippen molar-refractivity contribution in [3.05, 3.63) is 59.8 Å². The van der Waals surface area contributed by atoms with Crippen LogP contribution in [0.4, 0.5) is 10.3 Å². The lowest BCUT2D eigenvalue weighted by Crippen LogP contribution is -2.20. The Morgan fingerprint density at radius 1 is 1.25 bits per heavy atom. The van der Waals surface area contributed by atoms with Crippen LogP contribution >= 0.6 is 0 Å². The van der Waals surface area contributed by atoms with Gasteiger partial charge in [0.15, 0.2) is 0 Å². The number of nitrogens with one attached hydrogen (secondary N) is 2. The van der Waals surface area contributed by atoms with Gasteiger partial charge in [-0.25, -0.2) is 9.37 Å². The van der Waals surface area contributed by atoms with E-state index >= 15 is 0 Å². The molecule has 1 unspecified atom stereocenters. The second kappa shape index (κ2) is 7.08. The molecule has 0 saturated carbocycles. The fourth-order valence-corrected chi connectivity index (χ4v) is 2.26. The number of anilines is 1. The molecule has 0 radical (unpaired) electrons. The number of aromatic nitrogens is 4. The highest BCUT2D eigenvalue weighted by Crippen LogP contribution is 2.20. The van der Waals surface area contributed by atoms with Crippen LogP contribution in [0.5, 0.6) is 11.6 Å². The Kier molecular flexibility index (Phi) is 4.69. The van der Waals surface area contributed by atoms with Crippen molar-refractivity contribution in [2.24, 2.45) is 0 Å². The van der Waals surface area contributed by atoms with Crippen molar-refractivity contribution < 1.29 is 9.13 Å². The minimum atomic E-state index is -0.310. The standard InChI is InChI=1S/C17H18FN5O/c1-11(9-14-10-12(2)22-23-14)20-17-19-8-7-16(21-17)24-15-5-3-13(18)4-6-15/h3-8,10-11H,9H2,1-2H3,(H,22,23)(H,19,20,21). The van der Waals surface area contributed by atoms with Crippen molar-refractivity contribution in [3.8, 4) is 11.6 Å². The van der Waals surface area contributed by atoms with Gasteiger partial charge >= 0.3 is 0 Å². The largest absolute Gasteiger partial charge is 0.439 e. The molecule has 0 fully saturated rings. The molecule has 7 heteroatoms. The number of halogens is 1. The second-order valence-electron chi connectivity index (χ2n) is 5.57. The van der Waals surface area contributed by atoms with Gasteiger partial charge in [-0.05, 0) is 44.2 Å². The van der Waals surface area contributed by atoms with E-state index in [9.17, 15) is 4.39 Å². The molecule has 0 bridgehead atoms. The molecule has 0 amide bonds. The number of nitrogens with zero attached hydrogens (tertiary/aromatic N) is 3. The Morgan fingerprint density at radius 2 is 2.04 bits per heavy atom. The molecule has 1 atom stereocenters. The maximum Gasteiger partial charge on any atom is 0.226 e. The zero-order valence-corrected chi connectivity index (χ0v) is 13.5. The first-order valence-corrected chi connectivity index (χ1v) is 7.62. The molecule has 0 aliphatic carbocycles. The Hall–Kier alpha value is -2.96. The van der Waals surface area contributed by atoms with Crippen molar-refractivity contribution in [3.63, 3.8) is 0 Å². The first-order chi connectivity index (χ1) is 11.6. The maximum absolute atomic E-state index is 12.9. The molecular formula is C17H18FN5O. The number of rotatable bonds is 6. The second-order valence-corrected chi connectivity index (χ2v) is 5.57. The van der Waals surface area contributed by atoms with Crippen LogP contribution in [0, 0.1) is 12.7 Å². The van der Waals surface area contributed by atoms with Gasteiger partial charge in [0, 0.05) is 30.4 Å². The number of benzene rings is 1. The highest BCUT2D eigenvalue weighted by Gasteiger charge is 2.09. The number of aromatic amines is 1.